The Morgan fingerprint density at radius 1 is 1.00 bits per heavy atom. The number of hydrogen-bond donors (Lipinski definition) is 0. The molecule has 0 bridgehead atoms. The van der Waals surface area contributed by atoms with Crippen LogP contribution in [0.4, 0.5) is 0 Å². The largest absolute Gasteiger partial charge is 0.340 e. The maximum atomic E-state index is 12.6. The molecule has 0 aromatic heterocycles. The molecule has 1 saturated heterocycles. The van der Waals surface area contributed by atoms with Crippen LogP contribution in [0, 0.1) is 5.92 Å². The molecule has 2 saturated carbocycles. The van der Waals surface area contributed by atoms with Crippen molar-refractivity contribution in [2.45, 2.75) is 37.6 Å². The van der Waals surface area contributed by atoms with Gasteiger partial charge in [0.2, 0.25) is 5.91 Å². The van der Waals surface area contributed by atoms with Crippen LogP contribution in [0.25, 0.3) is 0 Å². The molecular weight excluding hydrogens is 260 g/mol. The fourth-order valence-electron chi connectivity index (χ4n) is 3.83. The van der Waals surface area contributed by atoms with Crippen LogP contribution < -0.4 is 0 Å². The summed E-state index contributed by atoms with van der Waals surface area (Å²) in [6, 6.07) is 11.3. The molecule has 0 radical (unpaired) electrons. The number of rotatable bonds is 3. The van der Waals surface area contributed by atoms with Crippen LogP contribution in [0.5, 0.6) is 0 Å². The fraction of sp³-hybridized carbons (Fsp3) is 0.611. The number of hydrogen-bond acceptors (Lipinski definition) is 2. The van der Waals surface area contributed by atoms with Crippen molar-refractivity contribution in [1.82, 2.24) is 9.80 Å². The first-order chi connectivity index (χ1) is 10.3. The van der Waals surface area contributed by atoms with Crippen molar-refractivity contribution < 1.29 is 4.79 Å². The number of amides is 1. The summed E-state index contributed by atoms with van der Waals surface area (Å²) in [4.78, 5) is 17.3. The van der Waals surface area contributed by atoms with E-state index < -0.39 is 0 Å². The third-order valence-corrected chi connectivity index (χ3v) is 5.55. The van der Waals surface area contributed by atoms with Crippen molar-refractivity contribution in [3.63, 3.8) is 0 Å². The van der Waals surface area contributed by atoms with Crippen LogP contribution in [0.2, 0.25) is 0 Å². The Kier molecular flexibility index (Phi) is 3.46. The maximum Gasteiger partial charge on any atom is 0.226 e. The second kappa shape index (κ2) is 5.45. The lowest BCUT2D eigenvalue weighted by atomic mass is 9.91. The highest BCUT2D eigenvalue weighted by molar-refractivity contribution is 5.83. The first-order valence-corrected chi connectivity index (χ1v) is 8.41. The van der Waals surface area contributed by atoms with E-state index in [1.54, 1.807) is 0 Å². The molecule has 1 aromatic rings. The summed E-state index contributed by atoms with van der Waals surface area (Å²) < 4.78 is 0. The molecule has 112 valence electrons. The molecule has 0 N–H and O–H groups in total. The number of carbonyl (C=O) groups is 1. The smallest absolute Gasteiger partial charge is 0.226 e. The Balaban J connectivity index is 1.31. The standard InChI is InChI=1S/C18H24N2O/c21-18(17-13-16(17)14-5-2-1-3-6-14)20-11-9-19(10-12-20)15-7-4-8-15/h1-3,5-6,15-17H,4,7-13H2/t16-,17+/m1/s1. The molecule has 21 heavy (non-hydrogen) atoms. The van der Waals surface area contributed by atoms with Crippen LogP contribution in [0.15, 0.2) is 30.3 Å². The number of carbonyl (C=O) groups excluding carboxylic acids is 1. The van der Waals surface area contributed by atoms with E-state index in [0.29, 0.717) is 11.8 Å². The summed E-state index contributed by atoms with van der Waals surface area (Å²) >= 11 is 0. The quantitative estimate of drug-likeness (QED) is 0.851. The molecule has 1 amide bonds. The molecule has 3 fully saturated rings. The summed E-state index contributed by atoms with van der Waals surface area (Å²) in [5, 5.41) is 0. The van der Waals surface area contributed by atoms with E-state index in [-0.39, 0.29) is 5.92 Å². The van der Waals surface area contributed by atoms with Gasteiger partial charge in [0.25, 0.3) is 0 Å². The predicted molar refractivity (Wildman–Crippen MR) is 83.1 cm³/mol. The number of piperazine rings is 1. The highest BCUT2D eigenvalue weighted by Crippen LogP contribution is 2.48. The lowest BCUT2D eigenvalue weighted by molar-refractivity contribution is -0.135. The molecule has 0 spiro atoms. The lowest BCUT2D eigenvalue weighted by Crippen LogP contribution is -2.53. The highest BCUT2D eigenvalue weighted by atomic mass is 16.2. The van der Waals surface area contributed by atoms with Gasteiger partial charge >= 0.3 is 0 Å². The first kappa shape index (κ1) is 13.3. The average molecular weight is 284 g/mol. The summed E-state index contributed by atoms with van der Waals surface area (Å²) in [7, 11) is 0. The van der Waals surface area contributed by atoms with Gasteiger partial charge in [-0.1, -0.05) is 36.8 Å². The zero-order valence-electron chi connectivity index (χ0n) is 12.6. The summed E-state index contributed by atoms with van der Waals surface area (Å²) in [6.45, 7) is 4.04. The molecule has 1 aromatic carbocycles. The number of nitrogens with zero attached hydrogens (tertiary/aromatic N) is 2. The van der Waals surface area contributed by atoms with Gasteiger partial charge in [0.05, 0.1) is 0 Å². The first-order valence-electron chi connectivity index (χ1n) is 8.41. The molecule has 3 aliphatic rings. The van der Waals surface area contributed by atoms with Gasteiger partial charge in [-0.15, -0.1) is 0 Å². The van der Waals surface area contributed by atoms with Crippen LogP contribution in [-0.4, -0.2) is 47.9 Å². The van der Waals surface area contributed by atoms with Gasteiger partial charge in [-0.25, -0.2) is 0 Å². The Hall–Kier alpha value is -1.35. The predicted octanol–water partition coefficient (Wildman–Crippen LogP) is 2.49. The van der Waals surface area contributed by atoms with E-state index in [4.69, 9.17) is 0 Å². The van der Waals surface area contributed by atoms with Gasteiger partial charge in [-0.2, -0.15) is 0 Å². The summed E-state index contributed by atoms with van der Waals surface area (Å²) in [5.74, 6) is 1.13. The van der Waals surface area contributed by atoms with Crippen molar-refractivity contribution in [2.75, 3.05) is 26.2 Å². The molecule has 1 aliphatic heterocycles. The highest BCUT2D eigenvalue weighted by Gasteiger charge is 2.46. The van der Waals surface area contributed by atoms with Gasteiger partial charge < -0.3 is 4.90 Å². The van der Waals surface area contributed by atoms with Gasteiger partial charge in [-0.3, -0.25) is 9.69 Å². The van der Waals surface area contributed by atoms with Crippen molar-refractivity contribution in [1.29, 1.82) is 0 Å². The van der Waals surface area contributed by atoms with Gasteiger partial charge in [-0.05, 0) is 30.7 Å². The fourth-order valence-corrected chi connectivity index (χ4v) is 3.83. The molecule has 1 heterocycles. The van der Waals surface area contributed by atoms with Gasteiger partial charge in [0.15, 0.2) is 0 Å². The number of benzene rings is 1. The lowest BCUT2D eigenvalue weighted by Gasteiger charge is -2.43. The SMILES string of the molecule is O=C([C@H]1C[C@@H]1c1ccccc1)N1CCN(C2CCC2)CC1. The molecule has 2 atom stereocenters. The summed E-state index contributed by atoms with van der Waals surface area (Å²) in [5.41, 5.74) is 1.34. The van der Waals surface area contributed by atoms with E-state index in [0.717, 1.165) is 38.6 Å². The zero-order valence-corrected chi connectivity index (χ0v) is 12.6. The topological polar surface area (TPSA) is 23.6 Å². The van der Waals surface area contributed by atoms with E-state index in [1.807, 2.05) is 6.07 Å². The minimum Gasteiger partial charge on any atom is -0.340 e. The molecule has 3 nitrogen and oxygen atoms in total. The second-order valence-electron chi connectivity index (χ2n) is 6.81. The zero-order chi connectivity index (χ0) is 14.2. The Morgan fingerprint density at radius 2 is 1.71 bits per heavy atom. The van der Waals surface area contributed by atoms with Crippen molar-refractivity contribution in [2.24, 2.45) is 5.92 Å². The van der Waals surface area contributed by atoms with E-state index >= 15 is 0 Å². The Labute approximate surface area is 126 Å². The van der Waals surface area contributed by atoms with Crippen LogP contribution in [0.1, 0.15) is 37.2 Å². The Bertz CT molecular complexity index is 503. The van der Waals surface area contributed by atoms with Gasteiger partial charge in [0.1, 0.15) is 0 Å². The molecule has 2 aliphatic carbocycles. The minimum absolute atomic E-state index is 0.252. The minimum atomic E-state index is 0.252. The van der Waals surface area contributed by atoms with E-state index in [1.165, 1.54) is 24.8 Å². The third-order valence-electron chi connectivity index (χ3n) is 5.55. The molecule has 4 rings (SSSR count). The normalized spacial score (nSPS) is 30.0. The van der Waals surface area contributed by atoms with E-state index in [9.17, 15) is 4.79 Å². The second-order valence-corrected chi connectivity index (χ2v) is 6.81. The third kappa shape index (κ3) is 2.59. The summed E-state index contributed by atoms with van der Waals surface area (Å²) in [6.07, 6.45) is 5.18. The molecule has 3 heteroatoms. The maximum absolute atomic E-state index is 12.6. The average Bonchev–Trinajstić information content (AvgIpc) is 3.27. The Morgan fingerprint density at radius 3 is 2.33 bits per heavy atom. The van der Waals surface area contributed by atoms with E-state index in [2.05, 4.69) is 34.1 Å². The van der Waals surface area contributed by atoms with Gasteiger partial charge in [0, 0.05) is 38.1 Å². The van der Waals surface area contributed by atoms with Crippen molar-refractivity contribution >= 4 is 5.91 Å². The molecular formula is C18H24N2O. The van der Waals surface area contributed by atoms with Crippen LogP contribution in [0.3, 0.4) is 0 Å². The molecule has 0 unspecified atom stereocenters. The van der Waals surface area contributed by atoms with Crippen LogP contribution in [-0.2, 0) is 4.79 Å². The van der Waals surface area contributed by atoms with Crippen molar-refractivity contribution in [3.8, 4) is 0 Å². The van der Waals surface area contributed by atoms with Crippen LogP contribution >= 0.6 is 0 Å². The monoisotopic (exact) mass is 284 g/mol. The van der Waals surface area contributed by atoms with Crippen molar-refractivity contribution in [3.05, 3.63) is 35.9 Å².